The normalized spacial score (nSPS) is 20.6. The highest BCUT2D eigenvalue weighted by Crippen LogP contribution is 2.65. The summed E-state index contributed by atoms with van der Waals surface area (Å²) >= 11 is 0. The fourth-order valence-electron chi connectivity index (χ4n) is 11.8. The number of aryl methyl sites for hydroxylation is 2. The van der Waals surface area contributed by atoms with Gasteiger partial charge in [-0.3, -0.25) is 4.99 Å². The molecule has 11 rings (SSSR count). The molecule has 1 nitrogen and oxygen atoms in total. The Morgan fingerprint density at radius 3 is 1.96 bits per heavy atom. The summed E-state index contributed by atoms with van der Waals surface area (Å²) in [6.45, 7) is 23.1. The van der Waals surface area contributed by atoms with Crippen LogP contribution in [0.25, 0.3) is 33.4 Å². The van der Waals surface area contributed by atoms with Gasteiger partial charge in [0.25, 0.3) is 0 Å². The van der Waals surface area contributed by atoms with Gasteiger partial charge in [-0.1, -0.05) is 263 Å². The first-order chi connectivity index (χ1) is 35.5. The highest BCUT2D eigenvalue weighted by atomic mass is 14.7. The van der Waals surface area contributed by atoms with Gasteiger partial charge < -0.3 is 0 Å². The summed E-state index contributed by atoms with van der Waals surface area (Å²) in [4.78, 5) is 4.38. The van der Waals surface area contributed by atoms with E-state index >= 15 is 0 Å². The average molecular weight is 946 g/mol. The Balaban J connectivity index is 0.000000138. The van der Waals surface area contributed by atoms with Gasteiger partial charge in [-0.2, -0.15) is 0 Å². The van der Waals surface area contributed by atoms with Crippen molar-refractivity contribution >= 4 is 34.2 Å². The quantitative estimate of drug-likeness (QED) is 0.117. The second-order valence-corrected chi connectivity index (χ2v) is 20.1. The molecule has 1 heteroatoms. The van der Waals surface area contributed by atoms with Crippen molar-refractivity contribution in [3.05, 3.63) is 316 Å². The van der Waals surface area contributed by atoms with Crippen LogP contribution < -0.4 is 0 Å². The molecular formula is C72H67N. The molecule has 0 N–H and O–H groups in total. The molecule has 0 bridgehead atoms. The number of hydrogen-bond donors (Lipinski definition) is 0. The highest BCUT2D eigenvalue weighted by molar-refractivity contribution is 5.93. The Morgan fingerprint density at radius 2 is 1.26 bits per heavy atom. The van der Waals surface area contributed by atoms with Gasteiger partial charge in [0.2, 0.25) is 0 Å². The zero-order valence-corrected chi connectivity index (χ0v) is 43.7. The van der Waals surface area contributed by atoms with Crippen molar-refractivity contribution in [2.45, 2.75) is 65.7 Å². The molecule has 1 spiro atoms. The molecule has 1 unspecified atom stereocenters. The van der Waals surface area contributed by atoms with Gasteiger partial charge in [0.05, 0.1) is 11.1 Å². The molecule has 0 heterocycles. The smallest absolute Gasteiger partial charge is 0.0665 e. The zero-order chi connectivity index (χ0) is 51.1. The first kappa shape index (κ1) is 49.8. The van der Waals surface area contributed by atoms with E-state index in [0.717, 1.165) is 23.2 Å². The van der Waals surface area contributed by atoms with Gasteiger partial charge in [-0.05, 0) is 142 Å². The maximum atomic E-state index is 4.38. The topological polar surface area (TPSA) is 12.4 Å². The van der Waals surface area contributed by atoms with Crippen LogP contribution in [0.5, 0.6) is 0 Å². The molecule has 0 aliphatic heterocycles. The van der Waals surface area contributed by atoms with Gasteiger partial charge >= 0.3 is 0 Å². The van der Waals surface area contributed by atoms with Crippen LogP contribution in [-0.2, 0) is 10.8 Å². The summed E-state index contributed by atoms with van der Waals surface area (Å²) in [5.41, 5.74) is 26.3. The van der Waals surface area contributed by atoms with E-state index in [1.807, 2.05) is 37.3 Å². The molecular weight excluding hydrogens is 879 g/mol. The Labute approximate surface area is 435 Å². The summed E-state index contributed by atoms with van der Waals surface area (Å²) in [7, 11) is 0. The van der Waals surface area contributed by atoms with Crippen LogP contribution >= 0.6 is 0 Å². The van der Waals surface area contributed by atoms with Crippen molar-refractivity contribution < 1.29 is 0 Å². The maximum absolute atomic E-state index is 4.38. The van der Waals surface area contributed by atoms with Gasteiger partial charge in [0.15, 0.2) is 0 Å². The Morgan fingerprint density at radius 1 is 0.616 bits per heavy atom. The van der Waals surface area contributed by atoms with E-state index in [0.29, 0.717) is 5.92 Å². The van der Waals surface area contributed by atoms with E-state index in [2.05, 4.69) is 254 Å². The highest BCUT2D eigenvalue weighted by Gasteiger charge is 2.56. The van der Waals surface area contributed by atoms with E-state index in [4.69, 9.17) is 0 Å². The Bertz CT molecular complexity index is 3420. The molecule has 6 aromatic rings. The molecule has 0 saturated carbocycles. The fourth-order valence-corrected chi connectivity index (χ4v) is 11.8. The minimum atomic E-state index is -0.0505. The van der Waals surface area contributed by atoms with Crippen LogP contribution in [0.15, 0.2) is 260 Å². The predicted octanol–water partition coefficient (Wildman–Crippen LogP) is 19.1. The summed E-state index contributed by atoms with van der Waals surface area (Å²) in [5.74, 6) is 0.481. The molecule has 0 radical (unpaired) electrons. The van der Waals surface area contributed by atoms with Gasteiger partial charge in [0, 0.05) is 17.5 Å². The number of aliphatic imine (C=N–C) groups is 1. The monoisotopic (exact) mass is 946 g/mol. The van der Waals surface area contributed by atoms with Crippen molar-refractivity contribution in [1.82, 2.24) is 0 Å². The van der Waals surface area contributed by atoms with Crippen LogP contribution in [0.1, 0.15) is 95.3 Å². The van der Waals surface area contributed by atoms with Crippen LogP contribution in [-0.4, -0.2) is 6.21 Å². The van der Waals surface area contributed by atoms with E-state index < -0.39 is 0 Å². The van der Waals surface area contributed by atoms with Crippen molar-refractivity contribution in [3.63, 3.8) is 0 Å². The lowest BCUT2D eigenvalue weighted by Crippen LogP contribution is -2.33. The summed E-state index contributed by atoms with van der Waals surface area (Å²) in [6.07, 6.45) is 36.8. The molecule has 0 saturated heterocycles. The molecule has 5 aliphatic rings. The fraction of sp³-hybridized carbons (Fsp3) is 0.153. The lowest BCUT2D eigenvalue weighted by Gasteiger charge is -2.37. The Kier molecular flexibility index (Phi) is 14.8. The van der Waals surface area contributed by atoms with E-state index in [-0.39, 0.29) is 10.8 Å². The lowest BCUT2D eigenvalue weighted by molar-refractivity contribution is 0.485. The molecule has 0 fully saturated rings. The summed E-state index contributed by atoms with van der Waals surface area (Å²) in [5, 5.41) is 0. The van der Waals surface area contributed by atoms with Crippen molar-refractivity contribution in [3.8, 4) is 11.1 Å². The van der Waals surface area contributed by atoms with Crippen molar-refractivity contribution in [2.75, 3.05) is 0 Å². The second-order valence-electron chi connectivity index (χ2n) is 20.1. The molecule has 6 aromatic carbocycles. The number of benzene rings is 6. The lowest BCUT2D eigenvalue weighted by atomic mass is 9.64. The average Bonchev–Trinajstić information content (AvgIpc) is 3.94. The summed E-state index contributed by atoms with van der Waals surface area (Å²) < 4.78 is 0. The van der Waals surface area contributed by atoms with Crippen LogP contribution in [0.4, 0.5) is 5.69 Å². The first-order valence-electron chi connectivity index (χ1n) is 25.7. The van der Waals surface area contributed by atoms with Crippen molar-refractivity contribution in [2.24, 2.45) is 10.9 Å². The molecule has 0 aromatic heterocycles. The third-order valence-corrected chi connectivity index (χ3v) is 15.1. The molecule has 1 atom stereocenters. The minimum Gasteiger partial charge on any atom is -0.257 e. The molecule has 5 aliphatic carbocycles. The summed E-state index contributed by atoms with van der Waals surface area (Å²) in [6, 6.07) is 48.6. The first-order valence-corrected chi connectivity index (χ1v) is 25.7. The van der Waals surface area contributed by atoms with Gasteiger partial charge in [-0.25, -0.2) is 0 Å². The number of fused-ring (bicyclic) bond motifs is 13. The molecule has 0 amide bonds. The van der Waals surface area contributed by atoms with Crippen LogP contribution in [0, 0.1) is 26.7 Å². The van der Waals surface area contributed by atoms with Crippen LogP contribution in [0.3, 0.4) is 0 Å². The molecule has 360 valence electrons. The second kappa shape index (κ2) is 21.7. The van der Waals surface area contributed by atoms with E-state index in [1.165, 1.54) is 94.6 Å². The van der Waals surface area contributed by atoms with Crippen LogP contribution in [0.2, 0.25) is 0 Å². The van der Waals surface area contributed by atoms with E-state index in [1.54, 1.807) is 12.3 Å². The SMILES string of the molecule is C=CC=Nc1ccc(C)c(C(=C)/C=C\C=C/C)c1C.CC1=CC=C2c3ccccc3C3(c4ccccc4-c4ccccc43)C2C1.Cc1ccc2c(c1)C(C)(C)C1=C/C=C/C=C(c3ccccc3)\C=C/C=C/C=C\12. The number of rotatable bonds is 6. The molecule has 73 heavy (non-hydrogen) atoms. The Hall–Kier alpha value is -8.13. The standard InChI is InChI=1S/C28H26.C26H20.C18H21N/c1-21-18-19-25-24-16-9-5-8-14-23(22-12-6-4-7-13-22)15-10-11-17-26(24)28(2,3)27(25)20-21;1-17-14-15-21-20-10-4-7-13-24(20)26(25(21)16-17)22-11-5-2-8-18(22)19-9-3-6-12-23(19)26;1-6-8-9-10-14(3)18-15(4)11-12-17(16(18)5)19-13-7-2/h4-20H,1-3H3;2-15,25H,16H2,1H3;6-13H,2-3H2,1,4-5H3/b8-5?,9-5+,11-10+,14-8-,15-10?,16-9?,17-11?,23-14?,23-15+,24-16-,26-17+;;8-6-,10-9-,19-13?. The van der Waals surface area contributed by atoms with E-state index in [9.17, 15) is 0 Å². The number of nitrogens with zero attached hydrogens (tertiary/aromatic N) is 1. The largest absolute Gasteiger partial charge is 0.257 e. The zero-order valence-electron chi connectivity index (χ0n) is 43.7. The maximum Gasteiger partial charge on any atom is 0.0665 e. The third kappa shape index (κ3) is 9.57. The number of allylic oxidation sites excluding steroid dienone is 22. The van der Waals surface area contributed by atoms with Gasteiger partial charge in [0.1, 0.15) is 0 Å². The minimum absolute atomic E-state index is 0.00268. The third-order valence-electron chi connectivity index (χ3n) is 15.1. The number of hydrogen-bond acceptors (Lipinski definition) is 1. The van der Waals surface area contributed by atoms with Crippen molar-refractivity contribution in [1.29, 1.82) is 0 Å². The predicted molar refractivity (Wildman–Crippen MR) is 317 cm³/mol. The van der Waals surface area contributed by atoms with Gasteiger partial charge in [-0.15, -0.1) is 0 Å².